The number of carbonyl (C=O) groups excluding carboxylic acids is 1. The highest BCUT2D eigenvalue weighted by molar-refractivity contribution is 5.93. The van der Waals surface area contributed by atoms with Crippen molar-refractivity contribution in [2.75, 3.05) is 13.1 Å². The summed E-state index contributed by atoms with van der Waals surface area (Å²) < 4.78 is 4.69. The number of rotatable bonds is 1. The zero-order chi connectivity index (χ0) is 11.5. The zero-order valence-electron chi connectivity index (χ0n) is 9.31. The van der Waals surface area contributed by atoms with Crippen LogP contribution in [0.15, 0.2) is 27.6 Å². The molecule has 0 saturated carbocycles. The molecule has 1 aromatic rings. The Kier molecular flexibility index (Phi) is 3.08. The molecule has 1 fully saturated rings. The van der Waals surface area contributed by atoms with Crippen molar-refractivity contribution in [1.29, 1.82) is 0 Å². The van der Waals surface area contributed by atoms with Crippen LogP contribution in [0.5, 0.6) is 0 Å². The normalized spacial score (nSPS) is 20.8. The molecular weight excluding hydrogens is 206 g/mol. The van der Waals surface area contributed by atoms with Crippen molar-refractivity contribution in [2.24, 2.45) is 5.92 Å². The molecule has 16 heavy (non-hydrogen) atoms. The number of piperidine rings is 1. The Hall–Kier alpha value is -1.58. The third-order valence-electron chi connectivity index (χ3n) is 2.89. The molecule has 2 rings (SSSR count). The molecular formula is C12H15NO3. The van der Waals surface area contributed by atoms with Gasteiger partial charge in [-0.05, 0) is 24.8 Å². The van der Waals surface area contributed by atoms with Crippen LogP contribution < -0.4 is 5.63 Å². The minimum Gasteiger partial charge on any atom is -0.430 e. The van der Waals surface area contributed by atoms with E-state index in [1.54, 1.807) is 0 Å². The van der Waals surface area contributed by atoms with Gasteiger partial charge >= 0.3 is 5.63 Å². The maximum Gasteiger partial charge on any atom is 0.335 e. The standard InChI is InChI=1S/C12H15NO3/c1-9-3-2-6-13(7-9)12(15)10-4-5-11(14)16-8-10/h4-5,8-9H,2-3,6-7H2,1H3. The molecule has 1 aliphatic heterocycles. The molecule has 1 unspecified atom stereocenters. The van der Waals surface area contributed by atoms with Gasteiger partial charge in [0.05, 0.1) is 5.56 Å². The fraction of sp³-hybridized carbons (Fsp3) is 0.500. The van der Waals surface area contributed by atoms with E-state index in [-0.39, 0.29) is 5.91 Å². The molecule has 0 radical (unpaired) electrons. The van der Waals surface area contributed by atoms with E-state index < -0.39 is 5.63 Å². The number of likely N-dealkylation sites (tertiary alicyclic amines) is 1. The van der Waals surface area contributed by atoms with E-state index in [0.717, 1.165) is 19.5 Å². The van der Waals surface area contributed by atoms with Crippen LogP contribution in [0.1, 0.15) is 30.1 Å². The van der Waals surface area contributed by atoms with Gasteiger partial charge < -0.3 is 9.32 Å². The number of amides is 1. The summed E-state index contributed by atoms with van der Waals surface area (Å²) in [6.07, 6.45) is 3.46. The van der Waals surface area contributed by atoms with E-state index >= 15 is 0 Å². The highest BCUT2D eigenvalue weighted by Crippen LogP contribution is 2.17. The largest absolute Gasteiger partial charge is 0.430 e. The van der Waals surface area contributed by atoms with Crippen molar-refractivity contribution in [2.45, 2.75) is 19.8 Å². The van der Waals surface area contributed by atoms with E-state index in [1.165, 1.54) is 24.8 Å². The van der Waals surface area contributed by atoms with Crippen LogP contribution in [0, 0.1) is 5.92 Å². The minimum atomic E-state index is -0.427. The maximum absolute atomic E-state index is 12.0. The first-order chi connectivity index (χ1) is 7.66. The SMILES string of the molecule is CC1CCCN(C(=O)c2ccc(=O)oc2)C1. The lowest BCUT2D eigenvalue weighted by molar-refractivity contribution is 0.0680. The molecule has 0 spiro atoms. The van der Waals surface area contributed by atoms with Gasteiger partial charge in [-0.3, -0.25) is 4.79 Å². The second-order valence-electron chi connectivity index (χ2n) is 4.34. The van der Waals surface area contributed by atoms with Crippen LogP contribution >= 0.6 is 0 Å². The summed E-state index contributed by atoms with van der Waals surface area (Å²) in [5.41, 5.74) is 0.0252. The molecule has 1 saturated heterocycles. The second-order valence-corrected chi connectivity index (χ2v) is 4.34. The summed E-state index contributed by atoms with van der Waals surface area (Å²) in [5, 5.41) is 0. The van der Waals surface area contributed by atoms with E-state index in [2.05, 4.69) is 6.92 Å². The van der Waals surface area contributed by atoms with E-state index in [9.17, 15) is 9.59 Å². The van der Waals surface area contributed by atoms with Crippen molar-refractivity contribution in [3.05, 3.63) is 34.4 Å². The first-order valence-electron chi connectivity index (χ1n) is 5.55. The predicted octanol–water partition coefficient (Wildman–Crippen LogP) is 1.51. The van der Waals surface area contributed by atoms with E-state index in [4.69, 9.17) is 4.42 Å². The van der Waals surface area contributed by atoms with Crippen molar-refractivity contribution >= 4 is 5.91 Å². The molecule has 0 aromatic carbocycles. The predicted molar refractivity (Wildman–Crippen MR) is 59.3 cm³/mol. The lowest BCUT2D eigenvalue weighted by atomic mass is 10.00. The van der Waals surface area contributed by atoms with Gasteiger partial charge in [0.25, 0.3) is 5.91 Å². The molecule has 0 aliphatic carbocycles. The highest BCUT2D eigenvalue weighted by atomic mass is 16.4. The molecule has 86 valence electrons. The third kappa shape index (κ3) is 2.32. The first-order valence-corrected chi connectivity index (χ1v) is 5.55. The average Bonchev–Trinajstić information content (AvgIpc) is 2.29. The molecule has 1 atom stereocenters. The lowest BCUT2D eigenvalue weighted by Crippen LogP contribution is -2.39. The molecule has 0 bridgehead atoms. The zero-order valence-corrected chi connectivity index (χ0v) is 9.31. The molecule has 1 aliphatic rings. The number of nitrogens with zero attached hydrogens (tertiary/aromatic N) is 1. The fourth-order valence-corrected chi connectivity index (χ4v) is 2.04. The summed E-state index contributed by atoms with van der Waals surface area (Å²) in [7, 11) is 0. The van der Waals surface area contributed by atoms with Crippen molar-refractivity contribution in [3.63, 3.8) is 0 Å². The summed E-state index contributed by atoms with van der Waals surface area (Å²) in [6, 6.07) is 2.80. The van der Waals surface area contributed by atoms with Gasteiger partial charge in [-0.1, -0.05) is 6.92 Å². The van der Waals surface area contributed by atoms with Crippen LogP contribution in [0.2, 0.25) is 0 Å². The van der Waals surface area contributed by atoms with Gasteiger partial charge in [-0.2, -0.15) is 0 Å². The van der Waals surface area contributed by atoms with Crippen molar-refractivity contribution in [1.82, 2.24) is 4.90 Å². The van der Waals surface area contributed by atoms with Gasteiger partial charge in [0.2, 0.25) is 0 Å². The van der Waals surface area contributed by atoms with E-state index in [1.807, 2.05) is 4.90 Å². The third-order valence-corrected chi connectivity index (χ3v) is 2.89. The summed E-state index contributed by atoms with van der Waals surface area (Å²) in [4.78, 5) is 24.6. The summed E-state index contributed by atoms with van der Waals surface area (Å²) in [6.45, 7) is 3.73. The number of hydrogen-bond acceptors (Lipinski definition) is 3. The van der Waals surface area contributed by atoms with Crippen LogP contribution in [-0.4, -0.2) is 23.9 Å². The summed E-state index contributed by atoms with van der Waals surface area (Å²) in [5.74, 6) is 0.503. The van der Waals surface area contributed by atoms with Crippen LogP contribution in [0.25, 0.3) is 0 Å². The van der Waals surface area contributed by atoms with Gasteiger partial charge in [0.15, 0.2) is 0 Å². The van der Waals surface area contributed by atoms with Gasteiger partial charge in [0, 0.05) is 19.2 Å². The molecule has 1 amide bonds. The molecule has 0 N–H and O–H groups in total. The maximum atomic E-state index is 12.0. The number of carbonyl (C=O) groups is 1. The van der Waals surface area contributed by atoms with Gasteiger partial charge in [0.1, 0.15) is 6.26 Å². The van der Waals surface area contributed by atoms with Crippen LogP contribution in [-0.2, 0) is 0 Å². The Morgan fingerprint density at radius 1 is 1.50 bits per heavy atom. The number of hydrogen-bond donors (Lipinski definition) is 0. The minimum absolute atomic E-state index is 0.0460. The first kappa shape index (κ1) is 10.9. The fourth-order valence-electron chi connectivity index (χ4n) is 2.04. The average molecular weight is 221 g/mol. The Morgan fingerprint density at radius 2 is 2.31 bits per heavy atom. The Labute approximate surface area is 93.9 Å². The van der Waals surface area contributed by atoms with Crippen molar-refractivity contribution < 1.29 is 9.21 Å². The monoisotopic (exact) mass is 221 g/mol. The van der Waals surface area contributed by atoms with Crippen molar-refractivity contribution in [3.8, 4) is 0 Å². The second kappa shape index (κ2) is 4.51. The lowest BCUT2D eigenvalue weighted by Gasteiger charge is -2.30. The highest BCUT2D eigenvalue weighted by Gasteiger charge is 2.22. The smallest absolute Gasteiger partial charge is 0.335 e. The Balaban J connectivity index is 2.12. The molecule has 4 nitrogen and oxygen atoms in total. The van der Waals surface area contributed by atoms with Gasteiger partial charge in [-0.15, -0.1) is 0 Å². The van der Waals surface area contributed by atoms with Crippen LogP contribution in [0.3, 0.4) is 0 Å². The Morgan fingerprint density at radius 3 is 2.94 bits per heavy atom. The molecule has 1 aromatic heterocycles. The van der Waals surface area contributed by atoms with E-state index in [0.29, 0.717) is 11.5 Å². The van der Waals surface area contributed by atoms with Crippen LogP contribution in [0.4, 0.5) is 0 Å². The Bertz CT molecular complexity index is 418. The quantitative estimate of drug-likeness (QED) is 0.722. The molecule has 4 heteroatoms. The topological polar surface area (TPSA) is 50.5 Å². The summed E-state index contributed by atoms with van der Waals surface area (Å²) >= 11 is 0. The molecule has 2 heterocycles. The van der Waals surface area contributed by atoms with Gasteiger partial charge in [-0.25, -0.2) is 4.79 Å².